The van der Waals surface area contributed by atoms with E-state index in [9.17, 15) is 22.8 Å². The van der Waals surface area contributed by atoms with Crippen LogP contribution in [0.25, 0.3) is 0 Å². The summed E-state index contributed by atoms with van der Waals surface area (Å²) >= 11 is 0. The van der Waals surface area contributed by atoms with Gasteiger partial charge in [-0.1, -0.05) is 42.0 Å². The minimum Gasteiger partial charge on any atom is -0.348 e. The SMILES string of the molecule is Cc1cccc(C(=O)N2CCc3cc(CNC(=O)c4ccccc4C(F)(F)F)ccc32)c1. The van der Waals surface area contributed by atoms with Gasteiger partial charge in [0.25, 0.3) is 11.8 Å². The Hall–Kier alpha value is -3.61. The van der Waals surface area contributed by atoms with Crippen molar-refractivity contribution in [1.29, 1.82) is 0 Å². The molecule has 4 rings (SSSR count). The average Bonchev–Trinajstić information content (AvgIpc) is 3.19. The number of benzene rings is 3. The van der Waals surface area contributed by atoms with E-state index in [2.05, 4.69) is 5.32 Å². The lowest BCUT2D eigenvalue weighted by molar-refractivity contribution is -0.137. The van der Waals surface area contributed by atoms with Gasteiger partial charge in [-0.05, 0) is 54.8 Å². The maximum absolute atomic E-state index is 13.2. The number of rotatable bonds is 4. The molecule has 1 aliphatic heterocycles. The predicted molar refractivity (Wildman–Crippen MR) is 116 cm³/mol. The molecule has 0 aliphatic carbocycles. The van der Waals surface area contributed by atoms with Crippen molar-refractivity contribution in [2.75, 3.05) is 11.4 Å². The molecule has 32 heavy (non-hydrogen) atoms. The molecule has 3 aromatic rings. The summed E-state index contributed by atoms with van der Waals surface area (Å²) in [5.41, 5.74) is 2.80. The minimum atomic E-state index is -4.60. The number of carbonyl (C=O) groups excluding carboxylic acids is 2. The van der Waals surface area contributed by atoms with Gasteiger partial charge in [-0.15, -0.1) is 0 Å². The molecule has 7 heteroatoms. The molecule has 0 unspecified atom stereocenters. The zero-order valence-electron chi connectivity index (χ0n) is 17.4. The van der Waals surface area contributed by atoms with E-state index in [4.69, 9.17) is 0 Å². The fourth-order valence-corrected chi connectivity index (χ4v) is 3.92. The standard InChI is InChI=1S/C25H21F3N2O2/c1-16-5-4-6-19(13-16)24(32)30-12-11-18-14-17(9-10-22(18)30)15-29-23(31)20-7-2-3-8-21(20)25(26,27)28/h2-10,13-14H,11-12,15H2,1H3,(H,29,31). The Morgan fingerprint density at radius 3 is 2.53 bits per heavy atom. The fraction of sp³-hybridized carbons (Fsp3) is 0.200. The smallest absolute Gasteiger partial charge is 0.348 e. The Balaban J connectivity index is 1.47. The zero-order valence-corrected chi connectivity index (χ0v) is 17.4. The largest absolute Gasteiger partial charge is 0.417 e. The normalized spacial score (nSPS) is 13.1. The summed E-state index contributed by atoms with van der Waals surface area (Å²) in [7, 11) is 0. The molecule has 0 radical (unpaired) electrons. The predicted octanol–water partition coefficient (Wildman–Crippen LogP) is 5.15. The Morgan fingerprint density at radius 1 is 1.00 bits per heavy atom. The number of nitrogens with one attached hydrogen (secondary N) is 1. The lowest BCUT2D eigenvalue weighted by Crippen LogP contribution is -2.28. The third-order valence-corrected chi connectivity index (χ3v) is 5.48. The van der Waals surface area contributed by atoms with Crippen LogP contribution in [0.3, 0.4) is 0 Å². The second-order valence-corrected chi connectivity index (χ2v) is 7.77. The van der Waals surface area contributed by atoms with Crippen LogP contribution in [0.5, 0.6) is 0 Å². The van der Waals surface area contributed by atoms with Crippen molar-refractivity contribution in [2.45, 2.75) is 26.1 Å². The van der Waals surface area contributed by atoms with Crippen LogP contribution in [-0.2, 0) is 19.1 Å². The summed E-state index contributed by atoms with van der Waals surface area (Å²) in [6.45, 7) is 2.57. The first-order chi connectivity index (χ1) is 15.2. The number of carbonyl (C=O) groups is 2. The van der Waals surface area contributed by atoms with Crippen molar-refractivity contribution >= 4 is 17.5 Å². The molecule has 4 nitrogen and oxygen atoms in total. The van der Waals surface area contributed by atoms with Crippen LogP contribution in [0.15, 0.2) is 66.7 Å². The number of amides is 2. The second kappa shape index (κ2) is 8.49. The number of nitrogens with zero attached hydrogens (tertiary/aromatic N) is 1. The van der Waals surface area contributed by atoms with E-state index in [1.807, 2.05) is 37.3 Å². The molecule has 1 aliphatic rings. The molecule has 0 fully saturated rings. The van der Waals surface area contributed by atoms with E-state index < -0.39 is 23.2 Å². The topological polar surface area (TPSA) is 49.4 Å². The number of fused-ring (bicyclic) bond motifs is 1. The van der Waals surface area contributed by atoms with Crippen molar-refractivity contribution in [3.05, 3.63) is 100 Å². The summed E-state index contributed by atoms with van der Waals surface area (Å²) in [5.74, 6) is -0.855. The summed E-state index contributed by atoms with van der Waals surface area (Å²) in [6.07, 6.45) is -3.93. The van der Waals surface area contributed by atoms with Gasteiger partial charge in [0.15, 0.2) is 0 Å². The Morgan fingerprint density at radius 2 is 1.78 bits per heavy atom. The highest BCUT2D eigenvalue weighted by atomic mass is 19.4. The van der Waals surface area contributed by atoms with Crippen molar-refractivity contribution < 1.29 is 22.8 Å². The second-order valence-electron chi connectivity index (χ2n) is 7.77. The number of alkyl halides is 3. The Labute approximate surface area is 183 Å². The van der Waals surface area contributed by atoms with Gasteiger partial charge in [-0.25, -0.2) is 0 Å². The first kappa shape index (κ1) is 21.6. The van der Waals surface area contributed by atoms with Gasteiger partial charge in [-0.3, -0.25) is 9.59 Å². The molecular formula is C25H21F3N2O2. The maximum atomic E-state index is 13.2. The van der Waals surface area contributed by atoms with Crippen LogP contribution >= 0.6 is 0 Å². The highest BCUT2D eigenvalue weighted by molar-refractivity contribution is 6.07. The molecule has 0 atom stereocenters. The van der Waals surface area contributed by atoms with E-state index in [-0.39, 0.29) is 12.5 Å². The van der Waals surface area contributed by atoms with Crippen LogP contribution < -0.4 is 10.2 Å². The number of anilines is 1. The molecule has 1 N–H and O–H groups in total. The molecule has 0 spiro atoms. The number of hydrogen-bond donors (Lipinski definition) is 1. The third-order valence-electron chi connectivity index (χ3n) is 5.48. The lowest BCUT2D eigenvalue weighted by Gasteiger charge is -2.18. The zero-order chi connectivity index (χ0) is 22.9. The lowest BCUT2D eigenvalue weighted by atomic mass is 10.1. The van der Waals surface area contributed by atoms with E-state index in [0.717, 1.165) is 34.5 Å². The highest BCUT2D eigenvalue weighted by Gasteiger charge is 2.34. The van der Waals surface area contributed by atoms with Crippen LogP contribution in [0.2, 0.25) is 0 Å². The molecule has 0 aromatic heterocycles. The van der Waals surface area contributed by atoms with Gasteiger partial charge < -0.3 is 10.2 Å². The molecule has 2 amide bonds. The van der Waals surface area contributed by atoms with Crippen LogP contribution in [0.1, 0.15) is 43.0 Å². The van der Waals surface area contributed by atoms with E-state index in [1.54, 1.807) is 17.0 Å². The average molecular weight is 438 g/mol. The van der Waals surface area contributed by atoms with Gasteiger partial charge in [0, 0.05) is 24.3 Å². The van der Waals surface area contributed by atoms with Crippen LogP contribution in [-0.4, -0.2) is 18.4 Å². The van der Waals surface area contributed by atoms with Crippen molar-refractivity contribution in [1.82, 2.24) is 5.32 Å². The molecule has 164 valence electrons. The van der Waals surface area contributed by atoms with E-state index >= 15 is 0 Å². The molecule has 0 saturated carbocycles. The molecular weight excluding hydrogens is 417 g/mol. The molecule has 3 aromatic carbocycles. The minimum absolute atomic E-state index is 0.0720. The van der Waals surface area contributed by atoms with E-state index in [1.165, 1.54) is 12.1 Å². The number of hydrogen-bond acceptors (Lipinski definition) is 2. The van der Waals surface area contributed by atoms with Crippen LogP contribution in [0, 0.1) is 6.92 Å². The monoisotopic (exact) mass is 438 g/mol. The Bertz CT molecular complexity index is 1190. The van der Waals surface area contributed by atoms with Crippen molar-refractivity contribution in [3.8, 4) is 0 Å². The summed E-state index contributed by atoms with van der Waals surface area (Å²) in [4.78, 5) is 27.0. The summed E-state index contributed by atoms with van der Waals surface area (Å²) in [5, 5.41) is 2.57. The Kier molecular flexibility index (Phi) is 5.74. The fourth-order valence-electron chi connectivity index (χ4n) is 3.92. The molecule has 0 saturated heterocycles. The van der Waals surface area contributed by atoms with E-state index in [0.29, 0.717) is 18.5 Å². The number of halogens is 3. The summed E-state index contributed by atoms with van der Waals surface area (Å²) in [6, 6.07) is 17.6. The number of aryl methyl sites for hydroxylation is 1. The van der Waals surface area contributed by atoms with Crippen LogP contribution in [0.4, 0.5) is 18.9 Å². The van der Waals surface area contributed by atoms with Gasteiger partial charge in [0.1, 0.15) is 0 Å². The third kappa shape index (κ3) is 4.37. The maximum Gasteiger partial charge on any atom is 0.417 e. The van der Waals surface area contributed by atoms with Gasteiger partial charge >= 0.3 is 6.18 Å². The van der Waals surface area contributed by atoms with Gasteiger partial charge in [0.2, 0.25) is 0 Å². The van der Waals surface area contributed by atoms with Gasteiger partial charge in [-0.2, -0.15) is 13.2 Å². The summed E-state index contributed by atoms with van der Waals surface area (Å²) < 4.78 is 39.5. The molecule has 0 bridgehead atoms. The van der Waals surface area contributed by atoms with Gasteiger partial charge in [0.05, 0.1) is 11.1 Å². The van der Waals surface area contributed by atoms with Crippen molar-refractivity contribution in [2.24, 2.45) is 0 Å². The first-order valence-corrected chi connectivity index (χ1v) is 10.2. The first-order valence-electron chi connectivity index (χ1n) is 10.2. The highest BCUT2D eigenvalue weighted by Crippen LogP contribution is 2.32. The van der Waals surface area contributed by atoms with Crippen molar-refractivity contribution in [3.63, 3.8) is 0 Å². The quantitative estimate of drug-likeness (QED) is 0.613. The molecule has 1 heterocycles.